The smallest absolute Gasteiger partial charge is 0.336 e. The van der Waals surface area contributed by atoms with Gasteiger partial charge in [0.25, 0.3) is 0 Å². The van der Waals surface area contributed by atoms with Crippen molar-refractivity contribution in [3.63, 3.8) is 0 Å². The fourth-order valence-electron chi connectivity index (χ4n) is 1.29. The van der Waals surface area contributed by atoms with Crippen molar-refractivity contribution in [3.05, 3.63) is 52.4 Å². The van der Waals surface area contributed by atoms with Crippen LogP contribution in [0.15, 0.2) is 50.9 Å². The van der Waals surface area contributed by atoms with E-state index in [1.807, 2.05) is 0 Å². The number of rotatable bonds is 3. The molecular formula is C12H7BrFNO2S. The Hall–Kier alpha value is -1.40. The summed E-state index contributed by atoms with van der Waals surface area (Å²) in [5, 5.41) is 9.20. The van der Waals surface area contributed by atoms with Crippen LogP contribution in [0.1, 0.15) is 10.4 Å². The Labute approximate surface area is 115 Å². The van der Waals surface area contributed by atoms with E-state index >= 15 is 0 Å². The molecular weight excluding hydrogens is 321 g/mol. The highest BCUT2D eigenvalue weighted by molar-refractivity contribution is 9.10. The highest BCUT2D eigenvalue weighted by atomic mass is 79.9. The molecule has 1 heterocycles. The molecule has 0 spiro atoms. The van der Waals surface area contributed by atoms with Gasteiger partial charge in [-0.1, -0.05) is 11.8 Å². The van der Waals surface area contributed by atoms with Crippen molar-refractivity contribution in [2.75, 3.05) is 0 Å². The molecule has 0 unspecified atom stereocenters. The third kappa shape index (κ3) is 2.88. The summed E-state index contributed by atoms with van der Waals surface area (Å²) < 4.78 is 13.9. The zero-order chi connectivity index (χ0) is 13.1. The Morgan fingerprint density at radius 2 is 2.17 bits per heavy atom. The fraction of sp³-hybridized carbons (Fsp3) is 0. The molecule has 1 aromatic heterocycles. The number of hydrogen-bond donors (Lipinski definition) is 1. The summed E-state index contributed by atoms with van der Waals surface area (Å²) in [6, 6.07) is 7.61. The van der Waals surface area contributed by atoms with Crippen LogP contribution in [0.5, 0.6) is 0 Å². The van der Waals surface area contributed by atoms with Crippen molar-refractivity contribution in [1.82, 2.24) is 4.98 Å². The molecule has 2 aromatic rings. The van der Waals surface area contributed by atoms with Crippen LogP contribution in [-0.2, 0) is 0 Å². The van der Waals surface area contributed by atoms with Crippen molar-refractivity contribution < 1.29 is 14.3 Å². The van der Waals surface area contributed by atoms with Gasteiger partial charge in [-0.25, -0.2) is 14.2 Å². The predicted molar refractivity (Wildman–Crippen MR) is 69.4 cm³/mol. The average Bonchev–Trinajstić information content (AvgIpc) is 2.34. The van der Waals surface area contributed by atoms with Crippen molar-refractivity contribution in [1.29, 1.82) is 0 Å². The number of carboxylic acid groups (broad SMARTS) is 1. The van der Waals surface area contributed by atoms with Gasteiger partial charge in [0.15, 0.2) is 5.82 Å². The van der Waals surface area contributed by atoms with Crippen molar-refractivity contribution >= 4 is 33.7 Å². The summed E-state index contributed by atoms with van der Waals surface area (Å²) in [4.78, 5) is 15.5. The van der Waals surface area contributed by atoms with Crippen LogP contribution < -0.4 is 0 Å². The molecule has 0 aliphatic rings. The summed E-state index contributed by atoms with van der Waals surface area (Å²) in [7, 11) is 0. The molecule has 0 aliphatic heterocycles. The van der Waals surface area contributed by atoms with Gasteiger partial charge < -0.3 is 5.11 Å². The first-order chi connectivity index (χ1) is 8.58. The topological polar surface area (TPSA) is 50.2 Å². The van der Waals surface area contributed by atoms with E-state index in [4.69, 9.17) is 5.11 Å². The van der Waals surface area contributed by atoms with Gasteiger partial charge in [-0.15, -0.1) is 0 Å². The van der Waals surface area contributed by atoms with E-state index in [0.717, 1.165) is 11.8 Å². The van der Waals surface area contributed by atoms with Crippen LogP contribution in [0.3, 0.4) is 0 Å². The van der Waals surface area contributed by atoms with Crippen LogP contribution >= 0.6 is 27.7 Å². The second-order valence-electron chi connectivity index (χ2n) is 3.34. The summed E-state index contributed by atoms with van der Waals surface area (Å²) in [6.07, 6.45) is 1.49. The van der Waals surface area contributed by atoms with E-state index < -0.39 is 11.8 Å². The molecule has 0 fully saturated rings. The average molecular weight is 328 g/mol. The SMILES string of the molecule is O=C(O)c1cc(Sc2ncccc2F)ccc1Br. The number of aromatic nitrogens is 1. The highest BCUT2D eigenvalue weighted by Crippen LogP contribution is 2.30. The van der Waals surface area contributed by atoms with Crippen molar-refractivity contribution in [3.8, 4) is 0 Å². The van der Waals surface area contributed by atoms with Gasteiger partial charge >= 0.3 is 5.97 Å². The third-order valence-electron chi connectivity index (χ3n) is 2.11. The monoisotopic (exact) mass is 327 g/mol. The zero-order valence-electron chi connectivity index (χ0n) is 8.93. The lowest BCUT2D eigenvalue weighted by molar-refractivity contribution is 0.0695. The Balaban J connectivity index is 2.33. The maximum absolute atomic E-state index is 13.4. The predicted octanol–water partition coefficient (Wildman–Crippen LogP) is 3.83. The van der Waals surface area contributed by atoms with Gasteiger partial charge in [-0.3, -0.25) is 0 Å². The maximum atomic E-state index is 13.4. The summed E-state index contributed by atoms with van der Waals surface area (Å²) in [5.41, 5.74) is 0.135. The quantitative estimate of drug-likeness (QED) is 0.930. The van der Waals surface area contributed by atoms with Crippen LogP contribution in [0.4, 0.5) is 4.39 Å². The van der Waals surface area contributed by atoms with E-state index in [2.05, 4.69) is 20.9 Å². The number of pyridine rings is 1. The molecule has 0 saturated heterocycles. The van der Waals surface area contributed by atoms with E-state index in [1.165, 1.54) is 24.4 Å². The molecule has 0 aliphatic carbocycles. The first-order valence-corrected chi connectivity index (χ1v) is 6.50. The minimum Gasteiger partial charge on any atom is -0.478 e. The number of carboxylic acids is 1. The molecule has 3 nitrogen and oxygen atoms in total. The standard InChI is InChI=1S/C12H7BrFNO2S/c13-9-4-3-7(6-8(9)12(16)17)18-11-10(14)2-1-5-15-11/h1-6H,(H,16,17). The molecule has 0 bridgehead atoms. The molecule has 0 saturated carbocycles. The van der Waals surface area contributed by atoms with Gasteiger partial charge in [0.05, 0.1) is 5.56 Å². The Morgan fingerprint density at radius 1 is 1.39 bits per heavy atom. The fourth-order valence-corrected chi connectivity index (χ4v) is 2.52. The largest absolute Gasteiger partial charge is 0.478 e. The zero-order valence-corrected chi connectivity index (χ0v) is 11.3. The summed E-state index contributed by atoms with van der Waals surface area (Å²) >= 11 is 4.24. The Kier molecular flexibility index (Phi) is 3.98. The summed E-state index contributed by atoms with van der Waals surface area (Å²) in [6.45, 7) is 0. The van der Waals surface area contributed by atoms with Crippen molar-refractivity contribution in [2.45, 2.75) is 9.92 Å². The van der Waals surface area contributed by atoms with Crippen LogP contribution in [0.25, 0.3) is 0 Å². The van der Waals surface area contributed by atoms with Crippen LogP contribution in [-0.4, -0.2) is 16.1 Å². The first kappa shape index (κ1) is 13.0. The number of carbonyl (C=O) groups is 1. The Morgan fingerprint density at radius 3 is 2.83 bits per heavy atom. The molecule has 0 atom stereocenters. The van der Waals surface area contributed by atoms with E-state index in [9.17, 15) is 9.18 Å². The Bertz CT molecular complexity index is 606. The lowest BCUT2D eigenvalue weighted by Gasteiger charge is -2.04. The lowest BCUT2D eigenvalue weighted by Crippen LogP contribution is -1.97. The van der Waals surface area contributed by atoms with Gasteiger partial charge in [-0.2, -0.15) is 0 Å². The number of benzene rings is 1. The molecule has 1 aromatic carbocycles. The lowest BCUT2D eigenvalue weighted by atomic mass is 10.2. The summed E-state index contributed by atoms with van der Waals surface area (Å²) in [5.74, 6) is -1.46. The number of hydrogen-bond acceptors (Lipinski definition) is 3. The molecule has 2 rings (SSSR count). The first-order valence-electron chi connectivity index (χ1n) is 4.89. The molecule has 1 N–H and O–H groups in total. The molecule has 92 valence electrons. The maximum Gasteiger partial charge on any atom is 0.336 e. The molecule has 0 radical (unpaired) electrons. The van der Waals surface area contributed by atoms with Crippen LogP contribution in [0.2, 0.25) is 0 Å². The number of nitrogens with zero attached hydrogens (tertiary/aromatic N) is 1. The highest BCUT2D eigenvalue weighted by Gasteiger charge is 2.11. The number of aromatic carboxylic acids is 1. The van der Waals surface area contributed by atoms with Gasteiger partial charge in [0.1, 0.15) is 5.03 Å². The van der Waals surface area contributed by atoms with Crippen LogP contribution in [0, 0.1) is 5.82 Å². The van der Waals surface area contributed by atoms with E-state index in [-0.39, 0.29) is 10.6 Å². The minimum atomic E-state index is -1.04. The van der Waals surface area contributed by atoms with E-state index in [0.29, 0.717) is 9.37 Å². The van der Waals surface area contributed by atoms with Gasteiger partial charge in [0, 0.05) is 15.6 Å². The van der Waals surface area contributed by atoms with E-state index in [1.54, 1.807) is 12.1 Å². The van der Waals surface area contributed by atoms with Crippen molar-refractivity contribution in [2.24, 2.45) is 0 Å². The molecule has 6 heteroatoms. The minimum absolute atomic E-state index is 0.135. The molecule has 18 heavy (non-hydrogen) atoms. The van der Waals surface area contributed by atoms with Gasteiger partial charge in [0.2, 0.25) is 0 Å². The normalized spacial score (nSPS) is 10.3. The van der Waals surface area contributed by atoms with Gasteiger partial charge in [-0.05, 0) is 46.3 Å². The third-order valence-corrected chi connectivity index (χ3v) is 3.78. The second kappa shape index (κ2) is 5.49. The second-order valence-corrected chi connectivity index (χ2v) is 5.26. The molecule has 0 amide bonds. The number of halogens is 2.